The van der Waals surface area contributed by atoms with E-state index in [1.54, 1.807) is 11.8 Å². The molecule has 0 saturated carbocycles. The van der Waals surface area contributed by atoms with Crippen LogP contribution in [0.1, 0.15) is 25.3 Å². The Labute approximate surface area is 148 Å². The molecule has 2 amide bonds. The molecule has 0 aliphatic carbocycles. The molecule has 4 heteroatoms. The Balaban J connectivity index is 1.60. The van der Waals surface area contributed by atoms with Crippen molar-refractivity contribution in [1.82, 2.24) is 10.2 Å². The van der Waals surface area contributed by atoms with Gasteiger partial charge in [0.05, 0.1) is 5.92 Å². The van der Waals surface area contributed by atoms with Gasteiger partial charge in [-0.3, -0.25) is 9.59 Å². The fourth-order valence-electron chi connectivity index (χ4n) is 3.30. The normalized spacial score (nSPS) is 17.2. The van der Waals surface area contributed by atoms with E-state index in [0.717, 1.165) is 30.5 Å². The highest BCUT2D eigenvalue weighted by atomic mass is 16.2. The number of carbonyl (C=O) groups excluding carboxylic acids is 2. The second-order valence-corrected chi connectivity index (χ2v) is 6.59. The Morgan fingerprint density at radius 3 is 2.60 bits per heavy atom. The smallest absolute Gasteiger partial charge is 0.225 e. The first-order chi connectivity index (χ1) is 12.1. The van der Waals surface area contributed by atoms with Crippen molar-refractivity contribution in [2.75, 3.05) is 13.1 Å². The maximum atomic E-state index is 12.4. The number of nitrogens with zero attached hydrogens (tertiary/aromatic N) is 1. The van der Waals surface area contributed by atoms with Crippen molar-refractivity contribution in [2.45, 2.75) is 26.3 Å². The molecule has 1 heterocycles. The minimum atomic E-state index is -0.102. The molecule has 1 atom stereocenters. The quantitative estimate of drug-likeness (QED) is 0.932. The van der Waals surface area contributed by atoms with E-state index in [-0.39, 0.29) is 17.7 Å². The molecule has 0 unspecified atom stereocenters. The van der Waals surface area contributed by atoms with Gasteiger partial charge in [-0.25, -0.2) is 0 Å². The van der Waals surface area contributed by atoms with Crippen LogP contribution in [0.3, 0.4) is 0 Å². The number of rotatable bonds is 4. The third-order valence-corrected chi connectivity index (χ3v) is 4.74. The molecule has 0 spiro atoms. The first-order valence-electron chi connectivity index (χ1n) is 8.81. The molecular formula is C21H24N2O2. The Bertz CT molecular complexity index is 743. The molecule has 1 saturated heterocycles. The summed E-state index contributed by atoms with van der Waals surface area (Å²) in [5.74, 6) is -0.0147. The van der Waals surface area contributed by atoms with E-state index in [4.69, 9.17) is 0 Å². The molecule has 4 nitrogen and oxygen atoms in total. The summed E-state index contributed by atoms with van der Waals surface area (Å²) in [6.07, 6.45) is 1.74. The number of benzene rings is 2. The van der Waals surface area contributed by atoms with E-state index in [1.807, 2.05) is 30.3 Å². The number of amides is 2. The SMILES string of the molecule is CC(=O)N1CCC[C@H](C(=O)NCc2cccc(-c3ccccc3)c2)C1. The minimum absolute atomic E-state index is 0.0380. The molecule has 1 fully saturated rings. The van der Waals surface area contributed by atoms with Gasteiger partial charge in [0.25, 0.3) is 0 Å². The van der Waals surface area contributed by atoms with Crippen LogP contribution in [-0.2, 0) is 16.1 Å². The number of hydrogen-bond donors (Lipinski definition) is 1. The summed E-state index contributed by atoms with van der Waals surface area (Å²) in [4.78, 5) is 25.7. The summed E-state index contributed by atoms with van der Waals surface area (Å²) in [5.41, 5.74) is 3.39. The molecule has 0 aromatic heterocycles. The summed E-state index contributed by atoms with van der Waals surface area (Å²) in [6.45, 7) is 3.37. The van der Waals surface area contributed by atoms with Gasteiger partial charge in [-0.05, 0) is 35.6 Å². The van der Waals surface area contributed by atoms with Crippen molar-refractivity contribution in [1.29, 1.82) is 0 Å². The molecule has 1 aliphatic heterocycles. The van der Waals surface area contributed by atoms with Gasteiger partial charge in [0.2, 0.25) is 11.8 Å². The van der Waals surface area contributed by atoms with Gasteiger partial charge in [0, 0.05) is 26.6 Å². The molecule has 3 rings (SSSR count). The van der Waals surface area contributed by atoms with E-state index < -0.39 is 0 Å². The lowest BCUT2D eigenvalue weighted by Crippen LogP contribution is -2.44. The number of likely N-dealkylation sites (tertiary alicyclic amines) is 1. The molecular weight excluding hydrogens is 312 g/mol. The van der Waals surface area contributed by atoms with Crippen LogP contribution in [0.4, 0.5) is 0 Å². The second-order valence-electron chi connectivity index (χ2n) is 6.59. The van der Waals surface area contributed by atoms with Crippen molar-refractivity contribution in [3.63, 3.8) is 0 Å². The number of nitrogens with one attached hydrogen (secondary N) is 1. The van der Waals surface area contributed by atoms with Gasteiger partial charge in [-0.15, -0.1) is 0 Å². The fraction of sp³-hybridized carbons (Fsp3) is 0.333. The maximum Gasteiger partial charge on any atom is 0.225 e. The van der Waals surface area contributed by atoms with Gasteiger partial charge in [0.15, 0.2) is 0 Å². The predicted molar refractivity (Wildman–Crippen MR) is 98.7 cm³/mol. The third kappa shape index (κ3) is 4.47. The first kappa shape index (κ1) is 17.2. The van der Waals surface area contributed by atoms with Crippen LogP contribution >= 0.6 is 0 Å². The second kappa shape index (κ2) is 7.97. The average Bonchev–Trinajstić information content (AvgIpc) is 2.67. The fourth-order valence-corrected chi connectivity index (χ4v) is 3.30. The summed E-state index contributed by atoms with van der Waals surface area (Å²) in [5, 5.41) is 3.03. The van der Waals surface area contributed by atoms with Crippen LogP contribution in [0.5, 0.6) is 0 Å². The highest BCUT2D eigenvalue weighted by molar-refractivity contribution is 5.80. The van der Waals surface area contributed by atoms with Crippen molar-refractivity contribution in [2.24, 2.45) is 5.92 Å². The van der Waals surface area contributed by atoms with Crippen LogP contribution in [0.2, 0.25) is 0 Å². The largest absolute Gasteiger partial charge is 0.352 e. The van der Waals surface area contributed by atoms with Gasteiger partial charge >= 0.3 is 0 Å². The van der Waals surface area contributed by atoms with Gasteiger partial charge in [-0.1, -0.05) is 48.5 Å². The van der Waals surface area contributed by atoms with Crippen LogP contribution in [0, 0.1) is 5.92 Å². The Morgan fingerprint density at radius 2 is 1.84 bits per heavy atom. The lowest BCUT2D eigenvalue weighted by atomic mass is 9.97. The van der Waals surface area contributed by atoms with E-state index in [1.165, 1.54) is 5.56 Å². The summed E-state index contributed by atoms with van der Waals surface area (Å²) in [6, 6.07) is 18.4. The minimum Gasteiger partial charge on any atom is -0.352 e. The van der Waals surface area contributed by atoms with Crippen molar-refractivity contribution < 1.29 is 9.59 Å². The zero-order valence-electron chi connectivity index (χ0n) is 14.6. The van der Waals surface area contributed by atoms with Crippen LogP contribution < -0.4 is 5.32 Å². The van der Waals surface area contributed by atoms with Gasteiger partial charge in [0.1, 0.15) is 0 Å². The first-order valence-corrected chi connectivity index (χ1v) is 8.81. The molecule has 1 N–H and O–H groups in total. The molecule has 0 bridgehead atoms. The molecule has 2 aromatic rings. The van der Waals surface area contributed by atoms with Gasteiger partial charge in [-0.2, -0.15) is 0 Å². The third-order valence-electron chi connectivity index (χ3n) is 4.74. The average molecular weight is 336 g/mol. The van der Waals surface area contributed by atoms with E-state index in [9.17, 15) is 9.59 Å². The zero-order valence-corrected chi connectivity index (χ0v) is 14.6. The van der Waals surface area contributed by atoms with Gasteiger partial charge < -0.3 is 10.2 Å². The maximum absolute atomic E-state index is 12.4. The summed E-state index contributed by atoms with van der Waals surface area (Å²) in [7, 11) is 0. The summed E-state index contributed by atoms with van der Waals surface area (Å²) >= 11 is 0. The zero-order chi connectivity index (χ0) is 17.6. The Kier molecular flexibility index (Phi) is 5.49. The van der Waals surface area contributed by atoms with Crippen molar-refractivity contribution in [3.8, 4) is 11.1 Å². The number of carbonyl (C=O) groups is 2. The molecule has 130 valence electrons. The van der Waals surface area contributed by atoms with Crippen molar-refractivity contribution >= 4 is 11.8 Å². The highest BCUT2D eigenvalue weighted by Gasteiger charge is 2.26. The van der Waals surface area contributed by atoms with E-state index >= 15 is 0 Å². The molecule has 25 heavy (non-hydrogen) atoms. The lowest BCUT2D eigenvalue weighted by Gasteiger charge is -2.31. The standard InChI is InChI=1S/C21H24N2O2/c1-16(24)23-12-6-11-20(15-23)21(25)22-14-17-7-5-10-19(13-17)18-8-3-2-4-9-18/h2-5,7-10,13,20H,6,11-12,14-15H2,1H3,(H,22,25)/t20-/m0/s1. The molecule has 1 aliphatic rings. The van der Waals surface area contributed by atoms with E-state index in [0.29, 0.717) is 13.1 Å². The van der Waals surface area contributed by atoms with Crippen LogP contribution in [0.25, 0.3) is 11.1 Å². The van der Waals surface area contributed by atoms with E-state index in [2.05, 4.69) is 29.6 Å². The number of hydrogen-bond acceptors (Lipinski definition) is 2. The molecule has 0 radical (unpaired) electrons. The Morgan fingerprint density at radius 1 is 1.08 bits per heavy atom. The topological polar surface area (TPSA) is 49.4 Å². The Hall–Kier alpha value is -2.62. The lowest BCUT2D eigenvalue weighted by molar-refractivity contribution is -0.134. The van der Waals surface area contributed by atoms with Crippen molar-refractivity contribution in [3.05, 3.63) is 60.2 Å². The highest BCUT2D eigenvalue weighted by Crippen LogP contribution is 2.20. The monoisotopic (exact) mass is 336 g/mol. The summed E-state index contributed by atoms with van der Waals surface area (Å²) < 4.78 is 0. The van der Waals surface area contributed by atoms with Crippen LogP contribution in [0.15, 0.2) is 54.6 Å². The molecule has 2 aromatic carbocycles. The predicted octanol–water partition coefficient (Wildman–Crippen LogP) is 3.23. The van der Waals surface area contributed by atoms with Crippen LogP contribution in [-0.4, -0.2) is 29.8 Å². The number of piperidine rings is 1.